The van der Waals surface area contributed by atoms with Crippen molar-refractivity contribution in [3.05, 3.63) is 119 Å². The zero-order valence-corrected chi connectivity index (χ0v) is 25.8. The van der Waals surface area contributed by atoms with E-state index in [-0.39, 0.29) is 11.3 Å². The molecule has 1 unspecified atom stereocenters. The second-order valence-electron chi connectivity index (χ2n) is 10.6. The maximum atomic E-state index is 13.7. The fourth-order valence-corrected chi connectivity index (χ4v) is 6.20. The molecule has 4 aromatic carbocycles. The Hall–Kier alpha value is -5.15. The topological polar surface area (TPSA) is 98.2 Å². The van der Waals surface area contributed by atoms with Crippen LogP contribution in [0.5, 0.6) is 17.2 Å². The van der Waals surface area contributed by atoms with Gasteiger partial charge in [-0.1, -0.05) is 79.3 Å². The summed E-state index contributed by atoms with van der Waals surface area (Å²) in [4.78, 5) is 33.5. The highest BCUT2D eigenvalue weighted by Crippen LogP contribution is 2.45. The third-order valence-corrected chi connectivity index (χ3v) is 8.57. The molecular weight excluding hydrogens is 588 g/mol. The predicted octanol–water partition coefficient (Wildman–Crippen LogP) is 7.69. The molecule has 1 fully saturated rings. The first-order valence-corrected chi connectivity index (χ1v) is 15.5. The number of ether oxygens (including phenoxy) is 3. The molecule has 1 amide bonds. The lowest BCUT2D eigenvalue weighted by atomic mass is 9.95. The Morgan fingerprint density at radius 2 is 1.67 bits per heavy atom. The lowest BCUT2D eigenvalue weighted by molar-refractivity contribution is -0.132. The van der Waals surface area contributed by atoms with Crippen molar-refractivity contribution in [2.75, 3.05) is 18.6 Å². The van der Waals surface area contributed by atoms with Crippen molar-refractivity contribution in [3.63, 3.8) is 0 Å². The summed E-state index contributed by atoms with van der Waals surface area (Å²) in [7, 11) is 1.58. The van der Waals surface area contributed by atoms with Gasteiger partial charge in [0.25, 0.3) is 5.78 Å². The van der Waals surface area contributed by atoms with Gasteiger partial charge in [-0.25, -0.2) is 4.98 Å². The SMILES string of the molecule is CCCCOc1cccc(/C(O)=C2\C(=O)C(=O)N(c3nc4ccc(OC)cc4s3)C2c2ccc(OCc3ccccc3)cc2)c1. The molecule has 6 rings (SSSR count). The number of ketones is 1. The summed E-state index contributed by atoms with van der Waals surface area (Å²) in [6.07, 6.45) is 1.87. The van der Waals surface area contributed by atoms with E-state index in [0.29, 0.717) is 52.2 Å². The Morgan fingerprint density at radius 1 is 0.889 bits per heavy atom. The molecule has 5 aromatic rings. The molecule has 9 heteroatoms. The summed E-state index contributed by atoms with van der Waals surface area (Å²) in [5, 5.41) is 12.0. The fourth-order valence-electron chi connectivity index (χ4n) is 5.18. The van der Waals surface area contributed by atoms with E-state index in [4.69, 9.17) is 19.2 Å². The maximum absolute atomic E-state index is 13.7. The summed E-state index contributed by atoms with van der Waals surface area (Å²) < 4.78 is 18.0. The van der Waals surface area contributed by atoms with Crippen LogP contribution in [0.4, 0.5) is 5.13 Å². The molecule has 0 spiro atoms. The summed E-state index contributed by atoms with van der Waals surface area (Å²) in [5.41, 5.74) is 2.67. The number of Topliss-reactive ketones (excluding diaryl/α,β-unsaturated/α-hetero) is 1. The van der Waals surface area contributed by atoms with Crippen LogP contribution in [0.15, 0.2) is 103 Å². The first kappa shape index (κ1) is 29.9. The molecule has 1 saturated heterocycles. The van der Waals surface area contributed by atoms with Crippen molar-refractivity contribution < 1.29 is 28.9 Å². The average molecular weight is 621 g/mol. The Kier molecular flexibility index (Phi) is 8.79. The Morgan fingerprint density at radius 3 is 2.42 bits per heavy atom. The van der Waals surface area contributed by atoms with Gasteiger partial charge in [-0.05, 0) is 60.0 Å². The molecule has 0 radical (unpaired) electrons. The number of aliphatic hydroxyl groups excluding tert-OH is 1. The standard InChI is InChI=1S/C36H32N2O6S/c1-3-4-19-43-28-12-8-11-25(20-28)33(39)31-32(24-13-15-26(16-14-24)44-22-23-9-6-5-7-10-23)38(35(41)34(31)40)36-37-29-18-17-27(42-2)21-30(29)45-36/h5-18,20-21,32,39H,3-4,19,22H2,1-2H3/b33-31+. The molecule has 1 aliphatic rings. The number of unbranched alkanes of at least 4 members (excludes halogenated alkanes) is 1. The third kappa shape index (κ3) is 6.25. The summed E-state index contributed by atoms with van der Waals surface area (Å²) in [5.74, 6) is 0.00247. The molecule has 228 valence electrons. The molecule has 1 aliphatic heterocycles. The van der Waals surface area contributed by atoms with Crippen LogP contribution in [-0.2, 0) is 16.2 Å². The number of anilines is 1. The summed E-state index contributed by atoms with van der Waals surface area (Å²) in [6, 6.07) is 28.5. The van der Waals surface area contributed by atoms with E-state index in [1.54, 1.807) is 61.7 Å². The van der Waals surface area contributed by atoms with E-state index in [0.717, 1.165) is 23.1 Å². The van der Waals surface area contributed by atoms with Crippen LogP contribution >= 0.6 is 11.3 Å². The minimum Gasteiger partial charge on any atom is -0.507 e. The summed E-state index contributed by atoms with van der Waals surface area (Å²) in [6.45, 7) is 3.01. The van der Waals surface area contributed by atoms with Crippen LogP contribution < -0.4 is 19.1 Å². The number of fused-ring (bicyclic) bond motifs is 1. The quantitative estimate of drug-likeness (QED) is 0.0700. The lowest BCUT2D eigenvalue weighted by Gasteiger charge is -2.23. The molecule has 2 heterocycles. The maximum Gasteiger partial charge on any atom is 0.301 e. The number of aliphatic hydroxyl groups is 1. The zero-order valence-electron chi connectivity index (χ0n) is 24.9. The lowest BCUT2D eigenvalue weighted by Crippen LogP contribution is -2.29. The second-order valence-corrected chi connectivity index (χ2v) is 11.6. The third-order valence-electron chi connectivity index (χ3n) is 7.55. The van der Waals surface area contributed by atoms with Gasteiger partial charge in [0.15, 0.2) is 5.13 Å². The van der Waals surface area contributed by atoms with Gasteiger partial charge < -0.3 is 19.3 Å². The van der Waals surface area contributed by atoms with Crippen LogP contribution in [0.2, 0.25) is 0 Å². The Balaban J connectivity index is 1.41. The highest BCUT2D eigenvalue weighted by atomic mass is 32.1. The molecule has 1 atom stereocenters. The normalized spacial score (nSPS) is 15.9. The molecule has 8 nitrogen and oxygen atoms in total. The van der Waals surface area contributed by atoms with Crippen LogP contribution in [-0.4, -0.2) is 35.5 Å². The number of thiazole rings is 1. The van der Waals surface area contributed by atoms with E-state index in [9.17, 15) is 14.7 Å². The minimum atomic E-state index is -0.930. The van der Waals surface area contributed by atoms with Crippen molar-refractivity contribution in [1.29, 1.82) is 0 Å². The van der Waals surface area contributed by atoms with Crippen molar-refractivity contribution in [2.24, 2.45) is 0 Å². The average Bonchev–Trinajstić information content (AvgIpc) is 3.61. The Labute approximate surface area is 265 Å². The first-order chi connectivity index (χ1) is 22.0. The number of nitrogens with zero attached hydrogens (tertiary/aromatic N) is 2. The van der Waals surface area contributed by atoms with Gasteiger partial charge in [0.1, 0.15) is 29.6 Å². The number of hydrogen-bond acceptors (Lipinski definition) is 8. The van der Waals surface area contributed by atoms with Crippen LogP contribution in [0, 0.1) is 0 Å². The highest BCUT2D eigenvalue weighted by molar-refractivity contribution is 7.22. The van der Waals surface area contributed by atoms with Gasteiger partial charge >= 0.3 is 5.91 Å². The number of benzene rings is 4. The molecule has 0 saturated carbocycles. The van der Waals surface area contributed by atoms with Gasteiger partial charge in [-0.2, -0.15) is 0 Å². The smallest absolute Gasteiger partial charge is 0.301 e. The van der Waals surface area contributed by atoms with Gasteiger partial charge in [0.2, 0.25) is 0 Å². The number of methoxy groups -OCH3 is 1. The minimum absolute atomic E-state index is 0.0273. The number of aromatic nitrogens is 1. The largest absolute Gasteiger partial charge is 0.507 e. The molecule has 0 aliphatic carbocycles. The number of amides is 1. The van der Waals surface area contributed by atoms with Crippen molar-refractivity contribution in [1.82, 2.24) is 4.98 Å². The van der Waals surface area contributed by atoms with E-state index in [1.165, 1.54) is 16.2 Å². The van der Waals surface area contributed by atoms with E-state index < -0.39 is 17.7 Å². The second kappa shape index (κ2) is 13.2. The highest BCUT2D eigenvalue weighted by Gasteiger charge is 2.48. The van der Waals surface area contributed by atoms with Crippen LogP contribution in [0.25, 0.3) is 16.0 Å². The van der Waals surface area contributed by atoms with Crippen LogP contribution in [0.1, 0.15) is 42.5 Å². The first-order valence-electron chi connectivity index (χ1n) is 14.7. The van der Waals surface area contributed by atoms with E-state index in [2.05, 4.69) is 6.92 Å². The Bertz CT molecular complexity index is 1870. The van der Waals surface area contributed by atoms with Gasteiger partial charge in [0, 0.05) is 5.56 Å². The molecule has 0 bridgehead atoms. The number of rotatable bonds is 11. The molecule has 1 N–H and O–H groups in total. The van der Waals surface area contributed by atoms with Crippen molar-refractivity contribution in [3.8, 4) is 17.2 Å². The number of hydrogen-bond donors (Lipinski definition) is 1. The summed E-state index contributed by atoms with van der Waals surface area (Å²) >= 11 is 1.27. The molecule has 45 heavy (non-hydrogen) atoms. The van der Waals surface area contributed by atoms with Crippen molar-refractivity contribution in [2.45, 2.75) is 32.4 Å². The van der Waals surface area contributed by atoms with Crippen molar-refractivity contribution >= 4 is 44.1 Å². The van der Waals surface area contributed by atoms with Gasteiger partial charge in [0.05, 0.1) is 35.5 Å². The predicted molar refractivity (Wildman–Crippen MR) is 175 cm³/mol. The number of carbonyl (C=O) groups excluding carboxylic acids is 2. The molecule has 1 aromatic heterocycles. The molecular formula is C36H32N2O6S. The van der Waals surface area contributed by atoms with Gasteiger partial charge in [-0.15, -0.1) is 0 Å². The monoisotopic (exact) mass is 620 g/mol. The van der Waals surface area contributed by atoms with E-state index in [1.807, 2.05) is 42.5 Å². The fraction of sp³-hybridized carbons (Fsp3) is 0.194. The number of carbonyl (C=O) groups is 2. The van der Waals surface area contributed by atoms with Gasteiger partial charge in [-0.3, -0.25) is 14.5 Å². The van der Waals surface area contributed by atoms with E-state index >= 15 is 0 Å². The van der Waals surface area contributed by atoms with Crippen LogP contribution in [0.3, 0.4) is 0 Å². The zero-order chi connectivity index (χ0) is 31.3.